The first-order valence-electron chi connectivity index (χ1n) is 12.9. The van der Waals surface area contributed by atoms with E-state index in [9.17, 15) is 4.79 Å². The van der Waals surface area contributed by atoms with Crippen LogP contribution in [0.4, 0.5) is 0 Å². The van der Waals surface area contributed by atoms with Crippen LogP contribution in [-0.4, -0.2) is 30.5 Å². The summed E-state index contributed by atoms with van der Waals surface area (Å²) in [7, 11) is 0. The van der Waals surface area contributed by atoms with E-state index in [1.807, 2.05) is 0 Å². The number of rotatable bonds is 12. The molecule has 0 radical (unpaired) electrons. The Morgan fingerprint density at radius 3 is 2.00 bits per heavy atom. The predicted octanol–water partition coefficient (Wildman–Crippen LogP) is 6.51. The van der Waals surface area contributed by atoms with E-state index in [0.717, 1.165) is 31.8 Å². The first kappa shape index (κ1) is 26.2. The van der Waals surface area contributed by atoms with E-state index in [1.54, 1.807) is 24.3 Å². The molecule has 4 aromatic rings. The lowest BCUT2D eigenvalue weighted by molar-refractivity contribution is 0.1000. The monoisotopic (exact) mass is 492 g/mol. The lowest BCUT2D eigenvalue weighted by atomic mass is 9.90. The number of hydrogen-bond donors (Lipinski definition) is 1. The topological polar surface area (TPSA) is 55.6 Å². The van der Waals surface area contributed by atoms with Gasteiger partial charge in [-0.25, -0.2) is 0 Å². The number of carbonyl (C=O) groups is 1. The number of nitrogens with zero attached hydrogens (tertiary/aromatic N) is 1. The van der Waals surface area contributed by atoms with Crippen LogP contribution < -0.4 is 10.5 Å². The van der Waals surface area contributed by atoms with Crippen LogP contribution >= 0.6 is 0 Å². The first-order valence-corrected chi connectivity index (χ1v) is 12.9. The number of nitrogens with two attached hydrogens (primary N) is 1. The van der Waals surface area contributed by atoms with Gasteiger partial charge in [-0.2, -0.15) is 0 Å². The highest BCUT2D eigenvalue weighted by Gasteiger charge is 2.19. The molecule has 0 atom stereocenters. The van der Waals surface area contributed by atoms with Gasteiger partial charge < -0.3 is 10.5 Å². The van der Waals surface area contributed by atoms with Crippen LogP contribution in [0.2, 0.25) is 0 Å². The molecule has 0 aromatic heterocycles. The van der Waals surface area contributed by atoms with Crippen molar-refractivity contribution in [3.63, 3.8) is 0 Å². The Morgan fingerprint density at radius 1 is 0.811 bits per heavy atom. The van der Waals surface area contributed by atoms with Crippen molar-refractivity contribution in [3.05, 3.63) is 137 Å². The molecule has 37 heavy (non-hydrogen) atoms. The lowest BCUT2D eigenvalue weighted by Crippen LogP contribution is -2.30. The van der Waals surface area contributed by atoms with Crippen LogP contribution in [0.25, 0.3) is 0 Å². The zero-order valence-corrected chi connectivity index (χ0v) is 21.8. The number of carbonyl (C=O) groups excluding carboxylic acids is 1. The molecule has 4 nitrogen and oxygen atoms in total. The van der Waals surface area contributed by atoms with Gasteiger partial charge in [0, 0.05) is 31.1 Å². The minimum absolute atomic E-state index is 0.274. The van der Waals surface area contributed by atoms with Gasteiger partial charge in [-0.1, -0.05) is 78.9 Å². The zero-order valence-electron chi connectivity index (χ0n) is 21.8. The van der Waals surface area contributed by atoms with Gasteiger partial charge in [0.05, 0.1) is 6.61 Å². The van der Waals surface area contributed by atoms with Gasteiger partial charge in [0.25, 0.3) is 0 Å². The summed E-state index contributed by atoms with van der Waals surface area (Å²) >= 11 is 0. The van der Waals surface area contributed by atoms with Crippen LogP contribution in [0.1, 0.15) is 50.5 Å². The molecular weight excluding hydrogens is 456 g/mol. The fraction of sp³-hybridized carbons (Fsp3) is 0.242. The Morgan fingerprint density at radius 2 is 1.43 bits per heavy atom. The van der Waals surface area contributed by atoms with E-state index in [0.29, 0.717) is 12.2 Å². The average molecular weight is 493 g/mol. The van der Waals surface area contributed by atoms with Crippen molar-refractivity contribution in [1.82, 2.24) is 4.90 Å². The largest absolute Gasteiger partial charge is 0.494 e. The van der Waals surface area contributed by atoms with Gasteiger partial charge >= 0.3 is 0 Å². The van der Waals surface area contributed by atoms with E-state index in [2.05, 4.69) is 97.6 Å². The summed E-state index contributed by atoms with van der Waals surface area (Å²) < 4.78 is 5.97. The third-order valence-electron chi connectivity index (χ3n) is 6.85. The summed E-state index contributed by atoms with van der Waals surface area (Å²) in [5, 5.41) is 0. The number of aryl methyl sites for hydroxylation is 2. The van der Waals surface area contributed by atoms with Gasteiger partial charge in [-0.3, -0.25) is 9.69 Å². The Balaban J connectivity index is 1.48. The molecule has 4 rings (SSSR count). The van der Waals surface area contributed by atoms with Crippen molar-refractivity contribution < 1.29 is 9.53 Å². The molecule has 4 aromatic carbocycles. The lowest BCUT2D eigenvalue weighted by Gasteiger charge is -2.29. The van der Waals surface area contributed by atoms with E-state index in [-0.39, 0.29) is 5.92 Å². The highest BCUT2D eigenvalue weighted by atomic mass is 16.5. The molecule has 0 bridgehead atoms. The third-order valence-corrected chi connectivity index (χ3v) is 6.85. The summed E-state index contributed by atoms with van der Waals surface area (Å²) in [6, 6.07) is 35.3. The van der Waals surface area contributed by atoms with Crippen LogP contribution in [-0.2, 0) is 6.54 Å². The number of primary amides is 1. The fourth-order valence-corrected chi connectivity index (χ4v) is 4.62. The Hall–Kier alpha value is -3.89. The minimum atomic E-state index is -0.431. The Kier molecular flexibility index (Phi) is 9.12. The molecule has 2 N–H and O–H groups in total. The maximum atomic E-state index is 11.3. The van der Waals surface area contributed by atoms with Gasteiger partial charge in [0.15, 0.2) is 0 Å². The van der Waals surface area contributed by atoms with Crippen LogP contribution in [0.15, 0.2) is 103 Å². The smallest absolute Gasteiger partial charge is 0.248 e. The second-order valence-corrected chi connectivity index (χ2v) is 9.62. The molecule has 190 valence electrons. The molecule has 4 heteroatoms. The van der Waals surface area contributed by atoms with Gasteiger partial charge in [0.1, 0.15) is 5.75 Å². The predicted molar refractivity (Wildman–Crippen MR) is 151 cm³/mol. The third kappa shape index (κ3) is 7.55. The van der Waals surface area contributed by atoms with Crippen molar-refractivity contribution in [2.45, 2.75) is 32.7 Å². The quantitative estimate of drug-likeness (QED) is 0.230. The van der Waals surface area contributed by atoms with E-state index >= 15 is 0 Å². The van der Waals surface area contributed by atoms with Crippen molar-refractivity contribution in [2.75, 3.05) is 19.7 Å². The molecule has 0 spiro atoms. The van der Waals surface area contributed by atoms with Crippen LogP contribution in [0.3, 0.4) is 0 Å². The number of hydrogen-bond acceptors (Lipinski definition) is 3. The summed E-state index contributed by atoms with van der Waals surface area (Å²) in [5.41, 5.74) is 12.4. The molecule has 0 aliphatic carbocycles. The second-order valence-electron chi connectivity index (χ2n) is 9.62. The van der Waals surface area contributed by atoms with Crippen molar-refractivity contribution in [2.24, 2.45) is 5.73 Å². The molecule has 0 saturated carbocycles. The SMILES string of the molecule is Cc1ccc(CN(CCCOc2ccc(C(N)=O)cc2)CC(c2ccccc2)c2ccccc2)cc1C. The maximum absolute atomic E-state index is 11.3. The zero-order chi connectivity index (χ0) is 26.0. The first-order chi connectivity index (χ1) is 18.0. The summed E-state index contributed by atoms with van der Waals surface area (Å²) in [5.74, 6) is 0.591. The van der Waals surface area contributed by atoms with Crippen LogP contribution in [0, 0.1) is 13.8 Å². The molecule has 0 aliphatic rings. The van der Waals surface area contributed by atoms with Gasteiger partial charge in [-0.15, -0.1) is 0 Å². The minimum Gasteiger partial charge on any atom is -0.494 e. The average Bonchev–Trinajstić information content (AvgIpc) is 2.92. The number of amides is 1. The normalized spacial score (nSPS) is 11.1. The number of benzene rings is 4. The molecule has 0 aliphatic heterocycles. The molecule has 0 fully saturated rings. The Labute approximate surface area is 220 Å². The summed E-state index contributed by atoms with van der Waals surface area (Å²) in [6.07, 6.45) is 0.888. The van der Waals surface area contributed by atoms with E-state index in [1.165, 1.54) is 27.8 Å². The molecule has 1 amide bonds. The van der Waals surface area contributed by atoms with Crippen molar-refractivity contribution in [1.29, 1.82) is 0 Å². The van der Waals surface area contributed by atoms with Crippen molar-refractivity contribution >= 4 is 5.91 Å². The summed E-state index contributed by atoms with van der Waals surface area (Å²) in [4.78, 5) is 13.8. The summed E-state index contributed by atoms with van der Waals surface area (Å²) in [6.45, 7) is 7.63. The second kappa shape index (κ2) is 12.9. The maximum Gasteiger partial charge on any atom is 0.248 e. The van der Waals surface area contributed by atoms with Gasteiger partial charge in [-0.05, 0) is 72.4 Å². The van der Waals surface area contributed by atoms with E-state index in [4.69, 9.17) is 10.5 Å². The molecule has 0 heterocycles. The molecule has 0 saturated heterocycles. The number of ether oxygens (including phenoxy) is 1. The van der Waals surface area contributed by atoms with Crippen LogP contribution in [0.5, 0.6) is 5.75 Å². The molecule has 0 unspecified atom stereocenters. The highest BCUT2D eigenvalue weighted by molar-refractivity contribution is 5.92. The van der Waals surface area contributed by atoms with E-state index < -0.39 is 5.91 Å². The molecular formula is C33H36N2O2. The van der Waals surface area contributed by atoms with Crippen molar-refractivity contribution in [3.8, 4) is 5.75 Å². The highest BCUT2D eigenvalue weighted by Crippen LogP contribution is 2.27. The fourth-order valence-electron chi connectivity index (χ4n) is 4.62. The standard InChI is InChI=1S/C33H36N2O2/c1-25-14-15-27(22-26(25)2)23-35(20-9-21-37-31-18-16-30(17-19-31)33(34)36)24-32(28-10-5-3-6-11-28)29-12-7-4-8-13-29/h3-8,10-19,22,32H,9,20-21,23-24H2,1-2H3,(H2,34,36). The van der Waals surface area contributed by atoms with Gasteiger partial charge in [0.2, 0.25) is 5.91 Å². The Bertz CT molecular complexity index is 1230.